The molecule has 0 atom stereocenters. The monoisotopic (exact) mass is 507 g/mol. The smallest absolute Gasteiger partial charge is 0.323 e. The van der Waals surface area contributed by atoms with Crippen molar-refractivity contribution in [1.82, 2.24) is 20.3 Å². The zero-order valence-electron chi connectivity index (χ0n) is 20.6. The number of hydrazine groups is 1. The first-order valence-electron chi connectivity index (χ1n) is 11.9. The van der Waals surface area contributed by atoms with Crippen LogP contribution in [0.1, 0.15) is 45.2 Å². The average Bonchev–Trinajstić information content (AvgIpc) is 2.94. The van der Waals surface area contributed by atoms with Crippen LogP contribution in [0, 0.1) is 11.8 Å². The van der Waals surface area contributed by atoms with Gasteiger partial charge in [-0.15, -0.1) is 0 Å². The van der Waals surface area contributed by atoms with E-state index in [1.165, 1.54) is 4.90 Å². The minimum absolute atomic E-state index is 0.324. The Hall–Kier alpha value is -5.07. The highest BCUT2D eigenvalue weighted by Crippen LogP contribution is 2.24. The summed E-state index contributed by atoms with van der Waals surface area (Å²) in [6.07, 6.45) is 3.86. The topological polar surface area (TPSA) is 139 Å². The Morgan fingerprint density at radius 1 is 1.00 bits per heavy atom. The predicted molar refractivity (Wildman–Crippen MR) is 143 cm³/mol. The molecule has 190 valence electrons. The number of nitrogen functional groups attached to an aromatic ring is 1. The third kappa shape index (κ3) is 6.00. The molecule has 2 aromatic heterocycles. The van der Waals surface area contributed by atoms with Crippen LogP contribution in [-0.2, 0) is 4.79 Å². The first-order chi connectivity index (χ1) is 18.4. The summed E-state index contributed by atoms with van der Waals surface area (Å²) in [5.41, 5.74) is 6.49. The van der Waals surface area contributed by atoms with Crippen LogP contribution < -0.4 is 11.3 Å². The van der Waals surface area contributed by atoms with E-state index in [0.717, 1.165) is 11.1 Å². The Bertz CT molecular complexity index is 1550. The van der Waals surface area contributed by atoms with Gasteiger partial charge in [0.15, 0.2) is 0 Å². The summed E-state index contributed by atoms with van der Waals surface area (Å²) in [5.74, 6) is 9.72. The van der Waals surface area contributed by atoms with E-state index < -0.39 is 11.9 Å². The van der Waals surface area contributed by atoms with Gasteiger partial charge in [0.25, 0.3) is 11.8 Å². The molecule has 0 radical (unpaired) electrons. The normalized spacial score (nSPS) is 10.4. The molecule has 0 spiro atoms. The maximum Gasteiger partial charge on any atom is 0.323 e. The summed E-state index contributed by atoms with van der Waals surface area (Å²) in [6, 6.07) is 17.6. The SMILES string of the molecule is CCCN(CC(=O)O)C(=O)c1ccc(C#Cc2ccc(-c3cc(C(=O)NN)c4cnccc4n3)cc2)cc1. The summed E-state index contributed by atoms with van der Waals surface area (Å²) in [5, 5.41) is 9.66. The fourth-order valence-electron chi connectivity index (χ4n) is 3.92. The highest BCUT2D eigenvalue weighted by atomic mass is 16.4. The molecule has 38 heavy (non-hydrogen) atoms. The number of hydrogen-bond donors (Lipinski definition) is 3. The van der Waals surface area contributed by atoms with Crippen molar-refractivity contribution < 1.29 is 19.5 Å². The van der Waals surface area contributed by atoms with Gasteiger partial charge in [-0.2, -0.15) is 0 Å². The molecule has 2 aromatic carbocycles. The zero-order valence-corrected chi connectivity index (χ0v) is 20.6. The van der Waals surface area contributed by atoms with Crippen LogP contribution in [0.25, 0.3) is 22.2 Å². The van der Waals surface area contributed by atoms with E-state index >= 15 is 0 Å². The first-order valence-corrected chi connectivity index (χ1v) is 11.9. The Morgan fingerprint density at radius 2 is 1.66 bits per heavy atom. The molecule has 0 fully saturated rings. The van der Waals surface area contributed by atoms with Gasteiger partial charge >= 0.3 is 5.97 Å². The Labute approximate surface area is 219 Å². The van der Waals surface area contributed by atoms with Gasteiger partial charge in [0.05, 0.1) is 16.8 Å². The molecular weight excluding hydrogens is 482 g/mol. The lowest BCUT2D eigenvalue weighted by Crippen LogP contribution is -2.36. The second-order valence-electron chi connectivity index (χ2n) is 8.45. The fraction of sp³-hybridized carbons (Fsp3) is 0.138. The number of pyridine rings is 2. The van der Waals surface area contributed by atoms with Crippen molar-refractivity contribution in [3.63, 3.8) is 0 Å². The van der Waals surface area contributed by atoms with E-state index in [1.807, 2.05) is 31.2 Å². The minimum atomic E-state index is -1.05. The third-order valence-electron chi connectivity index (χ3n) is 5.76. The number of benzene rings is 2. The van der Waals surface area contributed by atoms with Gasteiger partial charge < -0.3 is 10.0 Å². The summed E-state index contributed by atoms with van der Waals surface area (Å²) < 4.78 is 0. The Balaban J connectivity index is 1.52. The first kappa shape index (κ1) is 26.0. The Morgan fingerprint density at radius 3 is 2.26 bits per heavy atom. The number of rotatable bonds is 7. The van der Waals surface area contributed by atoms with Crippen molar-refractivity contribution >= 4 is 28.7 Å². The van der Waals surface area contributed by atoms with Crippen LogP contribution in [0.3, 0.4) is 0 Å². The number of fused-ring (bicyclic) bond motifs is 1. The molecular formula is C29H25N5O4. The van der Waals surface area contributed by atoms with E-state index in [-0.39, 0.29) is 12.5 Å². The number of aromatic nitrogens is 2. The van der Waals surface area contributed by atoms with E-state index in [4.69, 9.17) is 10.9 Å². The zero-order chi connectivity index (χ0) is 27.1. The molecule has 9 heteroatoms. The summed E-state index contributed by atoms with van der Waals surface area (Å²) >= 11 is 0. The van der Waals surface area contributed by atoms with Gasteiger partial charge in [0.2, 0.25) is 0 Å². The Kier molecular flexibility index (Phi) is 8.06. The molecule has 4 aromatic rings. The second kappa shape index (κ2) is 11.8. The molecule has 0 aliphatic carbocycles. The number of carbonyl (C=O) groups is 3. The lowest BCUT2D eigenvalue weighted by Gasteiger charge is -2.19. The number of carboxylic acids is 1. The number of hydrogen-bond acceptors (Lipinski definition) is 6. The number of carbonyl (C=O) groups excluding carboxylic acids is 2. The maximum atomic E-state index is 12.6. The molecule has 0 saturated carbocycles. The van der Waals surface area contributed by atoms with E-state index in [0.29, 0.717) is 46.3 Å². The van der Waals surface area contributed by atoms with Crippen LogP contribution in [0.5, 0.6) is 0 Å². The van der Waals surface area contributed by atoms with Gasteiger partial charge in [-0.1, -0.05) is 30.9 Å². The average molecular weight is 508 g/mol. The standard InChI is InChI=1S/C29H25N5O4/c1-2-15-34(18-27(35)36)29(38)22-11-7-20(8-12-22)4-3-19-5-9-21(10-6-19)26-16-23(28(37)33-30)24-17-31-14-13-25(24)32-26/h5-14,16-17H,2,15,18,30H2,1H3,(H,33,37)(H,35,36). The van der Waals surface area contributed by atoms with Gasteiger partial charge in [-0.05, 0) is 55.0 Å². The van der Waals surface area contributed by atoms with Crippen LogP contribution in [0.15, 0.2) is 73.1 Å². The summed E-state index contributed by atoms with van der Waals surface area (Å²) in [7, 11) is 0. The molecule has 4 N–H and O–H groups in total. The number of amides is 2. The number of nitrogens with zero attached hydrogens (tertiary/aromatic N) is 3. The predicted octanol–water partition coefficient (Wildman–Crippen LogP) is 3.24. The van der Waals surface area contributed by atoms with Crippen LogP contribution in [-0.4, -0.2) is 50.8 Å². The molecule has 0 aliphatic rings. The van der Waals surface area contributed by atoms with Crippen molar-refractivity contribution in [3.8, 4) is 23.1 Å². The van der Waals surface area contributed by atoms with Crippen molar-refractivity contribution in [2.45, 2.75) is 13.3 Å². The highest BCUT2D eigenvalue weighted by molar-refractivity contribution is 6.06. The second-order valence-corrected chi connectivity index (χ2v) is 8.45. The number of carboxylic acid groups (broad SMARTS) is 1. The summed E-state index contributed by atoms with van der Waals surface area (Å²) in [6.45, 7) is 1.93. The van der Waals surface area contributed by atoms with Crippen molar-refractivity contribution in [2.24, 2.45) is 5.84 Å². The number of nitrogens with two attached hydrogens (primary N) is 1. The molecule has 0 saturated heterocycles. The quantitative estimate of drug-likeness (QED) is 0.151. The maximum absolute atomic E-state index is 12.6. The largest absolute Gasteiger partial charge is 0.480 e. The molecule has 2 heterocycles. The van der Waals surface area contributed by atoms with E-state index in [1.54, 1.807) is 48.8 Å². The molecule has 0 unspecified atom stereocenters. The van der Waals surface area contributed by atoms with Gasteiger partial charge in [0.1, 0.15) is 6.54 Å². The fourth-order valence-corrected chi connectivity index (χ4v) is 3.92. The van der Waals surface area contributed by atoms with Crippen LogP contribution >= 0.6 is 0 Å². The van der Waals surface area contributed by atoms with Crippen LogP contribution in [0.4, 0.5) is 0 Å². The minimum Gasteiger partial charge on any atom is -0.480 e. The van der Waals surface area contributed by atoms with Gasteiger partial charge in [0, 0.05) is 46.6 Å². The lowest BCUT2D eigenvalue weighted by atomic mass is 10.0. The molecule has 4 rings (SSSR count). The van der Waals surface area contributed by atoms with E-state index in [9.17, 15) is 14.4 Å². The molecule has 2 amide bonds. The van der Waals surface area contributed by atoms with Gasteiger partial charge in [-0.3, -0.25) is 24.8 Å². The molecule has 0 bridgehead atoms. The number of aliphatic carboxylic acids is 1. The molecule has 0 aliphatic heterocycles. The summed E-state index contributed by atoms with van der Waals surface area (Å²) in [4.78, 5) is 46.0. The molecule has 9 nitrogen and oxygen atoms in total. The third-order valence-corrected chi connectivity index (χ3v) is 5.76. The van der Waals surface area contributed by atoms with Crippen LogP contribution in [0.2, 0.25) is 0 Å². The van der Waals surface area contributed by atoms with Gasteiger partial charge in [-0.25, -0.2) is 10.8 Å². The van der Waals surface area contributed by atoms with Crippen molar-refractivity contribution in [3.05, 3.63) is 95.3 Å². The highest BCUT2D eigenvalue weighted by Gasteiger charge is 2.17. The van der Waals surface area contributed by atoms with Crippen molar-refractivity contribution in [2.75, 3.05) is 13.1 Å². The van der Waals surface area contributed by atoms with E-state index in [2.05, 4.69) is 27.2 Å². The number of nitrogens with one attached hydrogen (secondary N) is 1. The lowest BCUT2D eigenvalue weighted by molar-refractivity contribution is -0.137. The van der Waals surface area contributed by atoms with Crippen molar-refractivity contribution in [1.29, 1.82) is 0 Å².